The maximum atomic E-state index is 12.8. The number of carbonyl (C=O) groups is 2. The van der Waals surface area contributed by atoms with Crippen LogP contribution in [0.1, 0.15) is 6.92 Å². The zero-order valence-electron chi connectivity index (χ0n) is 8.96. The summed E-state index contributed by atoms with van der Waals surface area (Å²) >= 11 is 5.76. The van der Waals surface area contributed by atoms with Gasteiger partial charge in [-0.05, 0) is 25.1 Å². The lowest BCUT2D eigenvalue weighted by Gasteiger charge is -2.14. The fraction of sp³-hybridized carbons (Fsp3) is 0.200. The maximum absolute atomic E-state index is 12.8. The van der Waals surface area contributed by atoms with Gasteiger partial charge in [-0.1, -0.05) is 11.6 Å². The van der Waals surface area contributed by atoms with Crippen LogP contribution in [0.15, 0.2) is 18.2 Å². The smallest absolute Gasteiger partial charge is 0.318 e. The van der Waals surface area contributed by atoms with Crippen LogP contribution in [0.5, 0.6) is 0 Å². The second-order valence-corrected chi connectivity index (χ2v) is 3.75. The number of benzene rings is 1. The number of nitrogens with one attached hydrogen (secondary N) is 2. The van der Waals surface area contributed by atoms with Crippen molar-refractivity contribution in [3.63, 3.8) is 0 Å². The lowest BCUT2D eigenvalue weighted by Crippen LogP contribution is -2.43. The summed E-state index contributed by atoms with van der Waals surface area (Å²) in [5.74, 6) is -1.08. The highest BCUT2D eigenvalue weighted by atomic mass is 35.5. The van der Waals surface area contributed by atoms with Crippen LogP contribution in [0, 0.1) is 5.82 Å². The van der Waals surface area contributed by atoms with Crippen LogP contribution in [0.25, 0.3) is 0 Å². The Morgan fingerprint density at radius 1 is 1.47 bits per heavy atom. The molecule has 1 unspecified atom stereocenters. The molecule has 3 amide bonds. The Labute approximate surface area is 102 Å². The Hall–Kier alpha value is -1.82. The summed E-state index contributed by atoms with van der Waals surface area (Å²) in [6.45, 7) is 1.51. The van der Waals surface area contributed by atoms with Crippen molar-refractivity contribution in [3.8, 4) is 0 Å². The van der Waals surface area contributed by atoms with E-state index < -0.39 is 23.8 Å². The monoisotopic (exact) mass is 259 g/mol. The molecule has 0 bridgehead atoms. The van der Waals surface area contributed by atoms with Crippen LogP contribution in [-0.2, 0) is 4.79 Å². The Kier molecular flexibility index (Phi) is 4.28. The van der Waals surface area contributed by atoms with Crippen LogP contribution in [0.2, 0.25) is 5.02 Å². The Bertz CT molecular complexity index is 453. The summed E-state index contributed by atoms with van der Waals surface area (Å²) in [6.07, 6.45) is 0. The molecule has 0 aliphatic rings. The Morgan fingerprint density at radius 3 is 2.65 bits per heavy atom. The summed E-state index contributed by atoms with van der Waals surface area (Å²) in [5, 5.41) is 4.78. The van der Waals surface area contributed by atoms with Crippen LogP contribution in [-0.4, -0.2) is 18.0 Å². The fourth-order valence-electron chi connectivity index (χ4n) is 1.14. The zero-order chi connectivity index (χ0) is 13.0. The Balaban J connectivity index is 2.70. The quantitative estimate of drug-likeness (QED) is 0.769. The number of imide groups is 1. The first kappa shape index (κ1) is 13.2. The highest BCUT2D eigenvalue weighted by Crippen LogP contribution is 2.22. The van der Waals surface area contributed by atoms with E-state index in [1.54, 1.807) is 0 Å². The van der Waals surface area contributed by atoms with Crippen LogP contribution in [0.3, 0.4) is 0 Å². The van der Waals surface area contributed by atoms with Gasteiger partial charge in [-0.25, -0.2) is 9.18 Å². The van der Waals surface area contributed by atoms with E-state index in [2.05, 4.69) is 5.32 Å². The molecule has 0 fully saturated rings. The Morgan fingerprint density at radius 2 is 2.12 bits per heavy atom. The molecule has 0 aromatic heterocycles. The summed E-state index contributed by atoms with van der Waals surface area (Å²) in [6, 6.07) is 2.04. The van der Waals surface area contributed by atoms with Gasteiger partial charge in [-0.3, -0.25) is 10.1 Å². The normalized spacial score (nSPS) is 11.7. The number of halogens is 2. The van der Waals surface area contributed by atoms with E-state index in [4.69, 9.17) is 17.3 Å². The third kappa shape index (κ3) is 3.92. The van der Waals surface area contributed by atoms with Gasteiger partial charge in [0.1, 0.15) is 11.9 Å². The van der Waals surface area contributed by atoms with E-state index in [-0.39, 0.29) is 5.02 Å². The van der Waals surface area contributed by atoms with Crippen LogP contribution < -0.4 is 16.4 Å². The van der Waals surface area contributed by atoms with Gasteiger partial charge in [0.05, 0.1) is 10.7 Å². The number of hydrogen-bond donors (Lipinski definition) is 3. The molecular formula is C10H11ClFN3O2. The zero-order valence-corrected chi connectivity index (χ0v) is 9.72. The molecule has 4 N–H and O–H groups in total. The third-order valence-corrected chi connectivity index (χ3v) is 2.26. The number of amides is 3. The highest BCUT2D eigenvalue weighted by Gasteiger charge is 2.15. The molecule has 0 aliphatic carbocycles. The minimum absolute atomic E-state index is 0.142. The summed E-state index contributed by atoms with van der Waals surface area (Å²) < 4.78 is 12.8. The number of hydrogen-bond acceptors (Lipinski definition) is 3. The number of anilines is 1. The lowest BCUT2D eigenvalue weighted by atomic mass is 10.2. The number of primary amides is 1. The van der Waals surface area contributed by atoms with Crippen molar-refractivity contribution in [2.45, 2.75) is 13.0 Å². The van der Waals surface area contributed by atoms with E-state index in [1.807, 2.05) is 5.32 Å². The molecular weight excluding hydrogens is 249 g/mol. The first-order valence-corrected chi connectivity index (χ1v) is 5.10. The molecule has 5 nitrogen and oxygen atoms in total. The molecule has 1 rings (SSSR count). The van der Waals surface area contributed by atoms with E-state index >= 15 is 0 Å². The minimum Gasteiger partial charge on any atom is -0.373 e. The molecule has 1 aromatic rings. The predicted molar refractivity (Wildman–Crippen MR) is 62.2 cm³/mol. The fourth-order valence-corrected chi connectivity index (χ4v) is 1.36. The molecule has 92 valence electrons. The van der Waals surface area contributed by atoms with Gasteiger partial charge in [0, 0.05) is 0 Å². The van der Waals surface area contributed by atoms with Gasteiger partial charge < -0.3 is 11.1 Å². The SMILES string of the molecule is CC(Nc1ccc(F)cc1Cl)C(=O)NC(N)=O. The molecule has 1 atom stereocenters. The number of rotatable bonds is 3. The molecule has 0 saturated heterocycles. The van der Waals surface area contributed by atoms with Crippen molar-refractivity contribution in [1.82, 2.24) is 5.32 Å². The molecule has 0 spiro atoms. The molecule has 7 heteroatoms. The molecule has 1 aromatic carbocycles. The molecule has 0 radical (unpaired) electrons. The average Bonchev–Trinajstić information content (AvgIpc) is 2.21. The predicted octanol–water partition coefficient (Wildman–Crippen LogP) is 1.47. The average molecular weight is 260 g/mol. The van der Waals surface area contributed by atoms with Gasteiger partial charge in [-0.2, -0.15) is 0 Å². The maximum Gasteiger partial charge on any atom is 0.318 e. The van der Waals surface area contributed by atoms with Crippen molar-refractivity contribution in [2.24, 2.45) is 5.73 Å². The standard InChI is InChI=1S/C10H11ClFN3O2/c1-5(9(16)15-10(13)17)14-8-3-2-6(12)4-7(8)11/h2-5,14H,1H3,(H3,13,15,16,17). The van der Waals surface area contributed by atoms with Crippen molar-refractivity contribution in [3.05, 3.63) is 29.0 Å². The third-order valence-electron chi connectivity index (χ3n) is 1.94. The highest BCUT2D eigenvalue weighted by molar-refractivity contribution is 6.33. The lowest BCUT2D eigenvalue weighted by molar-refractivity contribution is -0.120. The molecule has 0 saturated carbocycles. The largest absolute Gasteiger partial charge is 0.373 e. The van der Waals surface area contributed by atoms with Gasteiger partial charge in [-0.15, -0.1) is 0 Å². The first-order valence-electron chi connectivity index (χ1n) is 4.72. The molecule has 0 aliphatic heterocycles. The summed E-state index contributed by atoms with van der Waals surface area (Å²) in [4.78, 5) is 21.8. The van der Waals surface area contributed by atoms with Gasteiger partial charge in [0.25, 0.3) is 0 Å². The summed E-state index contributed by atoms with van der Waals surface area (Å²) in [5.41, 5.74) is 5.19. The van der Waals surface area contributed by atoms with E-state index in [9.17, 15) is 14.0 Å². The number of urea groups is 1. The van der Waals surface area contributed by atoms with Crippen molar-refractivity contribution < 1.29 is 14.0 Å². The number of nitrogens with two attached hydrogens (primary N) is 1. The molecule has 0 heterocycles. The minimum atomic E-state index is -0.936. The van der Waals surface area contributed by atoms with Gasteiger partial charge >= 0.3 is 6.03 Å². The second-order valence-electron chi connectivity index (χ2n) is 3.34. The van der Waals surface area contributed by atoms with E-state index in [0.717, 1.165) is 6.07 Å². The van der Waals surface area contributed by atoms with Crippen molar-refractivity contribution >= 4 is 29.2 Å². The van der Waals surface area contributed by atoms with E-state index in [0.29, 0.717) is 5.69 Å². The van der Waals surface area contributed by atoms with Crippen LogP contribution >= 0.6 is 11.6 Å². The van der Waals surface area contributed by atoms with Gasteiger partial charge in [0.15, 0.2) is 0 Å². The topological polar surface area (TPSA) is 84.2 Å². The second kappa shape index (κ2) is 5.49. The van der Waals surface area contributed by atoms with Crippen molar-refractivity contribution in [1.29, 1.82) is 0 Å². The molecule has 17 heavy (non-hydrogen) atoms. The van der Waals surface area contributed by atoms with E-state index in [1.165, 1.54) is 19.1 Å². The number of carbonyl (C=O) groups excluding carboxylic acids is 2. The first-order chi connectivity index (χ1) is 7.90. The van der Waals surface area contributed by atoms with Gasteiger partial charge in [0.2, 0.25) is 5.91 Å². The summed E-state index contributed by atoms with van der Waals surface area (Å²) in [7, 11) is 0. The van der Waals surface area contributed by atoms with Crippen LogP contribution in [0.4, 0.5) is 14.9 Å². The van der Waals surface area contributed by atoms with Crippen molar-refractivity contribution in [2.75, 3.05) is 5.32 Å².